The Morgan fingerprint density at radius 1 is 1.00 bits per heavy atom. The van der Waals surface area contributed by atoms with Crippen molar-refractivity contribution < 1.29 is 14.0 Å². The van der Waals surface area contributed by atoms with Crippen LogP contribution in [-0.2, 0) is 9.59 Å². The largest absolute Gasteiger partial charge is 0.322 e. The van der Waals surface area contributed by atoms with Crippen LogP contribution >= 0.6 is 0 Å². The first-order valence-electron chi connectivity index (χ1n) is 7.07. The maximum atomic E-state index is 12.9. The fourth-order valence-corrected chi connectivity index (χ4v) is 1.91. The number of hydrogen-bond donors (Lipinski definition) is 2. The molecule has 5 heteroatoms. The summed E-state index contributed by atoms with van der Waals surface area (Å²) >= 11 is 0. The van der Waals surface area contributed by atoms with Crippen molar-refractivity contribution in [2.45, 2.75) is 13.8 Å². The second kappa shape index (κ2) is 7.35. The van der Waals surface area contributed by atoms with Crippen LogP contribution in [0.1, 0.15) is 18.1 Å². The zero-order valence-electron chi connectivity index (χ0n) is 12.9. The summed E-state index contributed by atoms with van der Waals surface area (Å²) in [6.45, 7) is 3.26. The Kier molecular flexibility index (Phi) is 5.25. The Hall–Kier alpha value is -2.95. The van der Waals surface area contributed by atoms with E-state index >= 15 is 0 Å². The van der Waals surface area contributed by atoms with Gasteiger partial charge >= 0.3 is 0 Å². The highest BCUT2D eigenvalue weighted by molar-refractivity contribution is 6.08. The van der Waals surface area contributed by atoms with E-state index in [2.05, 4.69) is 10.6 Å². The monoisotopic (exact) mass is 312 g/mol. The van der Waals surface area contributed by atoms with Gasteiger partial charge in [0.2, 0.25) is 5.91 Å². The zero-order chi connectivity index (χ0) is 16.8. The van der Waals surface area contributed by atoms with Gasteiger partial charge in [0.1, 0.15) is 11.5 Å². The number of carbonyl (C=O) groups excluding carboxylic acids is 2. The molecule has 0 spiro atoms. The third-order valence-electron chi connectivity index (χ3n) is 3.05. The molecule has 2 amide bonds. The summed E-state index contributed by atoms with van der Waals surface area (Å²) in [6, 6.07) is 12.9. The van der Waals surface area contributed by atoms with E-state index in [0.717, 1.165) is 5.56 Å². The third-order valence-corrected chi connectivity index (χ3v) is 3.05. The number of hydrogen-bond acceptors (Lipinski definition) is 2. The van der Waals surface area contributed by atoms with Gasteiger partial charge < -0.3 is 10.6 Å². The molecule has 2 aromatic carbocycles. The standard InChI is InChI=1S/C18H17FN2O2/c1-12-3-9-16(10-4-12)21-18(23)17(20-13(2)22)11-14-5-7-15(19)8-6-14/h3-11H,1-2H3,(H,20,22)(H,21,23)/b17-11-. The van der Waals surface area contributed by atoms with Crippen LogP contribution in [0.3, 0.4) is 0 Å². The molecule has 0 aliphatic rings. The van der Waals surface area contributed by atoms with E-state index in [-0.39, 0.29) is 17.4 Å². The maximum absolute atomic E-state index is 12.9. The summed E-state index contributed by atoms with van der Waals surface area (Å²) < 4.78 is 12.9. The predicted octanol–water partition coefficient (Wildman–Crippen LogP) is 3.25. The minimum atomic E-state index is -0.451. The van der Waals surface area contributed by atoms with Gasteiger partial charge in [0, 0.05) is 12.6 Å². The van der Waals surface area contributed by atoms with Gasteiger partial charge in [-0.3, -0.25) is 9.59 Å². The number of rotatable bonds is 4. The molecule has 0 unspecified atom stereocenters. The maximum Gasteiger partial charge on any atom is 0.272 e. The molecule has 0 radical (unpaired) electrons. The molecule has 0 aliphatic heterocycles. The first-order chi connectivity index (χ1) is 10.9. The van der Waals surface area contributed by atoms with E-state index in [1.165, 1.54) is 37.3 Å². The lowest BCUT2D eigenvalue weighted by atomic mass is 10.1. The van der Waals surface area contributed by atoms with Gasteiger partial charge in [0.05, 0.1) is 0 Å². The van der Waals surface area contributed by atoms with Crippen LogP contribution in [-0.4, -0.2) is 11.8 Å². The highest BCUT2D eigenvalue weighted by atomic mass is 19.1. The topological polar surface area (TPSA) is 58.2 Å². The molecule has 0 saturated heterocycles. The lowest BCUT2D eigenvalue weighted by molar-refractivity contribution is -0.120. The number of halogens is 1. The van der Waals surface area contributed by atoms with Crippen molar-refractivity contribution in [2.24, 2.45) is 0 Å². The molecule has 23 heavy (non-hydrogen) atoms. The molecule has 2 aromatic rings. The van der Waals surface area contributed by atoms with Gasteiger partial charge in [0.15, 0.2) is 0 Å². The number of anilines is 1. The van der Waals surface area contributed by atoms with E-state index in [1.807, 2.05) is 19.1 Å². The number of aryl methyl sites for hydroxylation is 1. The SMILES string of the molecule is CC(=O)N/C(=C\c1ccc(F)cc1)C(=O)Nc1ccc(C)cc1. The van der Waals surface area contributed by atoms with Crippen LogP contribution in [0, 0.1) is 12.7 Å². The first kappa shape index (κ1) is 16.4. The number of nitrogens with one attached hydrogen (secondary N) is 2. The molecule has 2 N–H and O–H groups in total. The molecular weight excluding hydrogens is 295 g/mol. The van der Waals surface area contributed by atoms with Crippen LogP contribution in [0.15, 0.2) is 54.2 Å². The molecule has 0 aromatic heterocycles. The van der Waals surface area contributed by atoms with Gasteiger partial charge in [-0.2, -0.15) is 0 Å². The van der Waals surface area contributed by atoms with Crippen molar-refractivity contribution in [1.82, 2.24) is 5.32 Å². The summed E-state index contributed by atoms with van der Waals surface area (Å²) in [5, 5.41) is 5.20. The molecule has 0 fully saturated rings. The number of carbonyl (C=O) groups is 2. The van der Waals surface area contributed by atoms with Crippen molar-refractivity contribution in [2.75, 3.05) is 5.32 Å². The highest BCUT2D eigenvalue weighted by Crippen LogP contribution is 2.12. The average Bonchev–Trinajstić information content (AvgIpc) is 2.50. The van der Waals surface area contributed by atoms with E-state index < -0.39 is 5.91 Å². The minimum absolute atomic E-state index is 0.0877. The third kappa shape index (κ3) is 5.07. The quantitative estimate of drug-likeness (QED) is 0.851. The van der Waals surface area contributed by atoms with E-state index in [4.69, 9.17) is 0 Å². The number of amides is 2. The lowest BCUT2D eigenvalue weighted by Gasteiger charge is -2.10. The van der Waals surface area contributed by atoms with Gasteiger partial charge in [-0.25, -0.2) is 4.39 Å². The van der Waals surface area contributed by atoms with Crippen LogP contribution in [0.5, 0.6) is 0 Å². The Balaban J connectivity index is 2.22. The molecule has 4 nitrogen and oxygen atoms in total. The van der Waals surface area contributed by atoms with Crippen molar-refractivity contribution in [3.63, 3.8) is 0 Å². The Bertz CT molecular complexity index is 735. The molecule has 0 heterocycles. The fraction of sp³-hybridized carbons (Fsp3) is 0.111. The predicted molar refractivity (Wildman–Crippen MR) is 88.0 cm³/mol. The minimum Gasteiger partial charge on any atom is -0.322 e. The summed E-state index contributed by atoms with van der Waals surface area (Å²) in [5.41, 5.74) is 2.39. The van der Waals surface area contributed by atoms with Crippen LogP contribution < -0.4 is 10.6 Å². The molecular formula is C18H17FN2O2. The second-order valence-corrected chi connectivity index (χ2v) is 5.11. The van der Waals surface area contributed by atoms with Crippen molar-refractivity contribution >= 4 is 23.6 Å². The van der Waals surface area contributed by atoms with Crippen LogP contribution in [0.4, 0.5) is 10.1 Å². The normalized spacial score (nSPS) is 11.0. The van der Waals surface area contributed by atoms with Gasteiger partial charge in [-0.1, -0.05) is 29.8 Å². The average molecular weight is 312 g/mol. The van der Waals surface area contributed by atoms with Crippen LogP contribution in [0.25, 0.3) is 6.08 Å². The van der Waals surface area contributed by atoms with E-state index in [0.29, 0.717) is 11.3 Å². The molecule has 2 rings (SSSR count). The number of benzene rings is 2. The Morgan fingerprint density at radius 3 is 2.17 bits per heavy atom. The summed E-state index contributed by atoms with van der Waals surface area (Å²) in [5.74, 6) is -1.18. The highest BCUT2D eigenvalue weighted by Gasteiger charge is 2.11. The first-order valence-corrected chi connectivity index (χ1v) is 7.07. The second-order valence-electron chi connectivity index (χ2n) is 5.11. The van der Waals surface area contributed by atoms with Crippen LogP contribution in [0.2, 0.25) is 0 Å². The summed E-state index contributed by atoms with van der Waals surface area (Å²) in [7, 11) is 0. The Labute approximate surface area is 134 Å². The smallest absolute Gasteiger partial charge is 0.272 e. The lowest BCUT2D eigenvalue weighted by Crippen LogP contribution is -2.28. The van der Waals surface area contributed by atoms with E-state index in [9.17, 15) is 14.0 Å². The molecule has 0 aliphatic carbocycles. The molecule has 0 bridgehead atoms. The zero-order valence-corrected chi connectivity index (χ0v) is 12.9. The van der Waals surface area contributed by atoms with Gasteiger partial charge in [0.25, 0.3) is 5.91 Å². The molecule has 0 saturated carbocycles. The van der Waals surface area contributed by atoms with Crippen molar-refractivity contribution in [3.8, 4) is 0 Å². The molecule has 118 valence electrons. The van der Waals surface area contributed by atoms with Gasteiger partial charge in [-0.05, 0) is 42.8 Å². The van der Waals surface area contributed by atoms with Gasteiger partial charge in [-0.15, -0.1) is 0 Å². The van der Waals surface area contributed by atoms with E-state index in [1.54, 1.807) is 12.1 Å². The van der Waals surface area contributed by atoms with Crippen molar-refractivity contribution in [1.29, 1.82) is 0 Å². The van der Waals surface area contributed by atoms with Crippen molar-refractivity contribution in [3.05, 3.63) is 71.2 Å². The summed E-state index contributed by atoms with van der Waals surface area (Å²) in [6.07, 6.45) is 1.49. The fourth-order valence-electron chi connectivity index (χ4n) is 1.91. The Morgan fingerprint density at radius 2 is 1.61 bits per heavy atom. The summed E-state index contributed by atoms with van der Waals surface area (Å²) in [4.78, 5) is 23.6. The molecule has 0 atom stereocenters.